The van der Waals surface area contributed by atoms with Crippen molar-refractivity contribution in [2.75, 3.05) is 19.6 Å². The van der Waals surface area contributed by atoms with Crippen molar-refractivity contribution in [1.29, 1.82) is 0 Å². The second-order valence-corrected chi connectivity index (χ2v) is 5.88. The molecule has 1 fully saturated rings. The maximum atomic E-state index is 6.07. The van der Waals surface area contributed by atoms with E-state index < -0.39 is 0 Å². The predicted molar refractivity (Wildman–Crippen MR) is 82.6 cm³/mol. The number of benzene rings is 1. The summed E-state index contributed by atoms with van der Waals surface area (Å²) in [6, 6.07) is 8.53. The summed E-state index contributed by atoms with van der Waals surface area (Å²) < 4.78 is 5.68. The Hall–Kier alpha value is -1.32. The van der Waals surface area contributed by atoms with E-state index in [4.69, 9.17) is 10.2 Å². The summed E-state index contributed by atoms with van der Waals surface area (Å²) in [4.78, 5) is 2.54. The quantitative estimate of drug-likeness (QED) is 0.905. The predicted octanol–water partition coefficient (Wildman–Crippen LogP) is 3.55. The molecule has 2 unspecified atom stereocenters. The minimum atomic E-state index is 0.292. The first-order valence-electron chi connectivity index (χ1n) is 7.73. The lowest BCUT2D eigenvalue weighted by molar-refractivity contribution is 0.240. The highest BCUT2D eigenvalue weighted by Crippen LogP contribution is 2.33. The molecule has 1 aliphatic heterocycles. The minimum absolute atomic E-state index is 0.292. The maximum absolute atomic E-state index is 6.07. The molecule has 108 valence electrons. The molecule has 0 amide bonds. The van der Waals surface area contributed by atoms with Crippen molar-refractivity contribution in [2.24, 2.45) is 11.7 Å². The summed E-state index contributed by atoms with van der Waals surface area (Å²) in [7, 11) is 0. The fourth-order valence-corrected chi connectivity index (χ4v) is 3.52. The number of likely N-dealkylation sites (tertiary alicyclic amines) is 1. The Morgan fingerprint density at radius 3 is 3.05 bits per heavy atom. The van der Waals surface area contributed by atoms with Gasteiger partial charge in [0.2, 0.25) is 0 Å². The molecule has 1 saturated heterocycles. The van der Waals surface area contributed by atoms with Crippen molar-refractivity contribution in [3.63, 3.8) is 0 Å². The number of fused-ring (bicyclic) bond motifs is 1. The molecule has 1 aliphatic rings. The zero-order chi connectivity index (χ0) is 13.9. The number of hydrogen-bond acceptors (Lipinski definition) is 3. The van der Waals surface area contributed by atoms with Crippen LogP contribution in [0, 0.1) is 5.92 Å². The number of nitrogens with zero attached hydrogens (tertiary/aromatic N) is 1. The van der Waals surface area contributed by atoms with Crippen molar-refractivity contribution in [3.05, 3.63) is 36.1 Å². The van der Waals surface area contributed by atoms with Gasteiger partial charge in [0, 0.05) is 24.0 Å². The Kier molecular flexibility index (Phi) is 4.08. The fourth-order valence-electron chi connectivity index (χ4n) is 3.52. The average molecular weight is 272 g/mol. The zero-order valence-corrected chi connectivity index (χ0v) is 12.2. The van der Waals surface area contributed by atoms with Crippen molar-refractivity contribution >= 4 is 11.0 Å². The van der Waals surface area contributed by atoms with E-state index in [1.807, 2.05) is 18.4 Å². The van der Waals surface area contributed by atoms with Crippen LogP contribution in [0.1, 0.15) is 37.8 Å². The van der Waals surface area contributed by atoms with E-state index in [-0.39, 0.29) is 0 Å². The van der Waals surface area contributed by atoms with Gasteiger partial charge in [-0.05, 0) is 31.4 Å². The number of furan rings is 1. The third-order valence-corrected chi connectivity index (χ3v) is 4.55. The van der Waals surface area contributed by atoms with Crippen molar-refractivity contribution in [3.8, 4) is 0 Å². The van der Waals surface area contributed by atoms with Crippen molar-refractivity contribution in [1.82, 2.24) is 4.90 Å². The van der Waals surface area contributed by atoms with E-state index in [2.05, 4.69) is 24.0 Å². The lowest BCUT2D eigenvalue weighted by Gasteiger charge is -2.26. The first kappa shape index (κ1) is 13.7. The zero-order valence-electron chi connectivity index (χ0n) is 12.2. The monoisotopic (exact) mass is 272 g/mol. The average Bonchev–Trinajstić information content (AvgIpc) is 3.09. The first-order valence-corrected chi connectivity index (χ1v) is 7.73. The molecule has 0 aliphatic carbocycles. The van der Waals surface area contributed by atoms with Crippen molar-refractivity contribution < 1.29 is 4.42 Å². The SMILES string of the molecule is CCCC1CCN(C(CN)c2coc3ccccc23)C1. The normalized spacial score (nSPS) is 21.6. The molecule has 2 heterocycles. The molecule has 1 aromatic heterocycles. The Bertz CT molecular complexity index is 563. The van der Waals surface area contributed by atoms with Gasteiger partial charge in [0.15, 0.2) is 0 Å². The van der Waals surface area contributed by atoms with E-state index in [9.17, 15) is 0 Å². The summed E-state index contributed by atoms with van der Waals surface area (Å²) in [5, 5.41) is 1.21. The molecule has 0 radical (unpaired) electrons. The van der Waals surface area contributed by atoms with Crippen LogP contribution in [0.15, 0.2) is 34.9 Å². The molecule has 2 aromatic rings. The molecule has 3 rings (SSSR count). The molecular formula is C17H24N2O. The minimum Gasteiger partial charge on any atom is -0.464 e. The number of hydrogen-bond donors (Lipinski definition) is 1. The van der Waals surface area contributed by atoms with E-state index >= 15 is 0 Å². The largest absolute Gasteiger partial charge is 0.464 e. The van der Waals surface area contributed by atoms with Gasteiger partial charge in [-0.3, -0.25) is 4.90 Å². The number of rotatable bonds is 5. The van der Waals surface area contributed by atoms with Gasteiger partial charge in [-0.2, -0.15) is 0 Å². The van der Waals surface area contributed by atoms with Gasteiger partial charge in [0.1, 0.15) is 5.58 Å². The first-order chi connectivity index (χ1) is 9.83. The van der Waals surface area contributed by atoms with E-state index in [1.54, 1.807) is 0 Å². The van der Waals surface area contributed by atoms with Crippen LogP contribution in [0.3, 0.4) is 0 Å². The third-order valence-electron chi connectivity index (χ3n) is 4.55. The van der Waals surface area contributed by atoms with Crippen LogP contribution in [0.4, 0.5) is 0 Å². The summed E-state index contributed by atoms with van der Waals surface area (Å²) >= 11 is 0. The molecular weight excluding hydrogens is 248 g/mol. The molecule has 0 bridgehead atoms. The van der Waals surface area contributed by atoms with Crippen molar-refractivity contribution in [2.45, 2.75) is 32.2 Å². The highest BCUT2D eigenvalue weighted by Gasteiger charge is 2.29. The molecule has 20 heavy (non-hydrogen) atoms. The Morgan fingerprint density at radius 2 is 2.25 bits per heavy atom. The highest BCUT2D eigenvalue weighted by atomic mass is 16.3. The summed E-state index contributed by atoms with van der Waals surface area (Å²) in [5.41, 5.74) is 8.28. The topological polar surface area (TPSA) is 42.4 Å². The van der Waals surface area contributed by atoms with Crippen LogP contribution in [-0.2, 0) is 0 Å². The molecule has 0 spiro atoms. The van der Waals surface area contributed by atoms with E-state index in [0.717, 1.165) is 18.0 Å². The Labute approximate surface area is 120 Å². The van der Waals surface area contributed by atoms with Crippen LogP contribution in [-0.4, -0.2) is 24.5 Å². The maximum Gasteiger partial charge on any atom is 0.134 e. The van der Waals surface area contributed by atoms with E-state index in [1.165, 1.54) is 36.8 Å². The highest BCUT2D eigenvalue weighted by molar-refractivity contribution is 5.81. The van der Waals surface area contributed by atoms with Gasteiger partial charge >= 0.3 is 0 Å². The molecule has 3 heteroatoms. The summed E-state index contributed by atoms with van der Waals surface area (Å²) in [5.74, 6) is 0.840. The summed E-state index contributed by atoms with van der Waals surface area (Å²) in [6.45, 7) is 5.26. The third kappa shape index (κ3) is 2.48. The van der Waals surface area contributed by atoms with E-state index in [0.29, 0.717) is 12.6 Å². The lowest BCUT2D eigenvalue weighted by atomic mass is 10.0. The lowest BCUT2D eigenvalue weighted by Crippen LogP contribution is -2.32. The molecule has 0 saturated carbocycles. The van der Waals surface area contributed by atoms with Gasteiger partial charge < -0.3 is 10.2 Å². The van der Waals surface area contributed by atoms with Gasteiger partial charge in [0.25, 0.3) is 0 Å². The number of nitrogens with two attached hydrogens (primary N) is 1. The molecule has 3 nitrogen and oxygen atoms in total. The second-order valence-electron chi connectivity index (χ2n) is 5.88. The molecule has 1 aromatic carbocycles. The molecule has 2 atom stereocenters. The van der Waals surface area contributed by atoms with Gasteiger partial charge in [-0.25, -0.2) is 0 Å². The van der Waals surface area contributed by atoms with Gasteiger partial charge in [-0.1, -0.05) is 31.5 Å². The smallest absolute Gasteiger partial charge is 0.134 e. The summed E-state index contributed by atoms with van der Waals surface area (Å²) in [6.07, 6.45) is 5.82. The van der Waals surface area contributed by atoms with Crippen LogP contribution in [0.5, 0.6) is 0 Å². The standard InChI is InChI=1S/C17H24N2O/c1-2-5-13-8-9-19(11-13)16(10-18)15-12-20-17-7-4-3-6-14(15)17/h3-4,6-7,12-13,16H,2,5,8-11,18H2,1H3. The Balaban J connectivity index is 1.83. The van der Waals surface area contributed by atoms with Crippen LogP contribution < -0.4 is 5.73 Å². The number of para-hydroxylation sites is 1. The van der Waals surface area contributed by atoms with Gasteiger partial charge in [0.05, 0.1) is 12.3 Å². The van der Waals surface area contributed by atoms with Crippen LogP contribution >= 0.6 is 0 Å². The Morgan fingerprint density at radius 1 is 1.40 bits per heavy atom. The fraction of sp³-hybridized carbons (Fsp3) is 0.529. The van der Waals surface area contributed by atoms with Crippen LogP contribution in [0.25, 0.3) is 11.0 Å². The van der Waals surface area contributed by atoms with Crippen LogP contribution in [0.2, 0.25) is 0 Å². The van der Waals surface area contributed by atoms with Gasteiger partial charge in [-0.15, -0.1) is 0 Å². The second kappa shape index (κ2) is 5.98. The molecule has 2 N–H and O–H groups in total.